The zero-order chi connectivity index (χ0) is 13.7. The molecule has 0 aromatic carbocycles. The number of nitrogens with zero attached hydrogens (tertiary/aromatic N) is 2. The third-order valence-corrected chi connectivity index (χ3v) is 4.69. The summed E-state index contributed by atoms with van der Waals surface area (Å²) in [7, 11) is 0. The van der Waals surface area contributed by atoms with Crippen LogP contribution in [0.5, 0.6) is 0 Å². The Morgan fingerprint density at radius 1 is 1.26 bits per heavy atom. The minimum Gasteiger partial charge on any atom is -0.310 e. The van der Waals surface area contributed by atoms with Crippen LogP contribution in [0.25, 0.3) is 0 Å². The molecule has 0 radical (unpaired) electrons. The quantitative estimate of drug-likeness (QED) is 0.880. The summed E-state index contributed by atoms with van der Waals surface area (Å²) >= 11 is 0. The molecule has 1 aliphatic rings. The second-order valence-corrected chi connectivity index (χ2v) is 6.14. The average Bonchev–Trinajstić information content (AvgIpc) is 2.44. The molecule has 4 unspecified atom stereocenters. The second kappa shape index (κ2) is 6.99. The van der Waals surface area contributed by atoms with Crippen LogP contribution in [0, 0.1) is 17.8 Å². The largest absolute Gasteiger partial charge is 0.310 e. The highest BCUT2D eigenvalue weighted by atomic mass is 15.1. The van der Waals surface area contributed by atoms with Gasteiger partial charge in [-0.05, 0) is 55.2 Å². The van der Waals surface area contributed by atoms with Crippen LogP contribution in [0.3, 0.4) is 0 Å². The van der Waals surface area contributed by atoms with E-state index in [0.29, 0.717) is 6.04 Å². The molecular formula is C16H27N3. The van der Waals surface area contributed by atoms with E-state index in [0.717, 1.165) is 24.3 Å². The molecule has 1 aromatic heterocycles. The van der Waals surface area contributed by atoms with Gasteiger partial charge in [0.05, 0.1) is 6.20 Å². The first kappa shape index (κ1) is 14.4. The van der Waals surface area contributed by atoms with Crippen molar-refractivity contribution in [3.05, 3.63) is 24.0 Å². The van der Waals surface area contributed by atoms with Gasteiger partial charge in [0.1, 0.15) is 0 Å². The van der Waals surface area contributed by atoms with Crippen molar-refractivity contribution < 1.29 is 0 Å². The minimum atomic E-state index is 0.449. The van der Waals surface area contributed by atoms with Crippen LogP contribution in [0.1, 0.15) is 58.1 Å². The Balaban J connectivity index is 2.09. The summed E-state index contributed by atoms with van der Waals surface area (Å²) in [5.74, 6) is 2.44. The normalized spacial score (nSPS) is 29.1. The first-order valence-corrected chi connectivity index (χ1v) is 7.72. The Labute approximate surface area is 117 Å². The van der Waals surface area contributed by atoms with Crippen LogP contribution >= 0.6 is 0 Å². The van der Waals surface area contributed by atoms with E-state index in [1.165, 1.54) is 31.2 Å². The lowest BCUT2D eigenvalue weighted by atomic mass is 9.72. The molecule has 1 saturated carbocycles. The van der Waals surface area contributed by atoms with Gasteiger partial charge in [0, 0.05) is 12.2 Å². The first-order valence-electron chi connectivity index (χ1n) is 7.72. The van der Waals surface area contributed by atoms with Gasteiger partial charge in [0.15, 0.2) is 0 Å². The van der Waals surface area contributed by atoms with E-state index in [4.69, 9.17) is 0 Å². The fourth-order valence-electron chi connectivity index (χ4n) is 3.23. The van der Waals surface area contributed by atoms with Crippen LogP contribution in [0.2, 0.25) is 0 Å². The van der Waals surface area contributed by atoms with Gasteiger partial charge < -0.3 is 5.32 Å². The summed E-state index contributed by atoms with van der Waals surface area (Å²) in [4.78, 5) is 0. The Hall–Kier alpha value is -0.960. The third-order valence-electron chi connectivity index (χ3n) is 4.69. The van der Waals surface area contributed by atoms with Gasteiger partial charge in [-0.15, -0.1) is 0 Å². The second-order valence-electron chi connectivity index (χ2n) is 6.14. The number of aromatic nitrogens is 2. The molecule has 0 saturated heterocycles. The molecule has 1 heterocycles. The van der Waals surface area contributed by atoms with Gasteiger partial charge in [-0.25, -0.2) is 0 Å². The van der Waals surface area contributed by atoms with Crippen LogP contribution in [-0.2, 0) is 0 Å². The SMILES string of the molecule is CCCNC(c1ccnnc1)C1CCC(C)C(C)C1. The molecule has 1 aliphatic carbocycles. The van der Waals surface area contributed by atoms with Crippen LogP contribution in [-0.4, -0.2) is 16.7 Å². The van der Waals surface area contributed by atoms with E-state index in [-0.39, 0.29) is 0 Å². The number of nitrogens with one attached hydrogen (secondary N) is 1. The van der Waals surface area contributed by atoms with Gasteiger partial charge in [0.2, 0.25) is 0 Å². The monoisotopic (exact) mass is 261 g/mol. The van der Waals surface area contributed by atoms with Crippen molar-refractivity contribution in [2.24, 2.45) is 17.8 Å². The summed E-state index contributed by atoms with van der Waals surface area (Å²) in [6.07, 6.45) is 8.92. The summed E-state index contributed by atoms with van der Waals surface area (Å²) in [5, 5.41) is 11.7. The lowest BCUT2D eigenvalue weighted by Crippen LogP contribution is -2.33. The third kappa shape index (κ3) is 3.75. The van der Waals surface area contributed by atoms with Crippen LogP contribution in [0.4, 0.5) is 0 Å². The molecule has 0 amide bonds. The molecule has 0 bridgehead atoms. The minimum absolute atomic E-state index is 0.449. The standard InChI is InChI=1S/C16H27N3/c1-4-8-17-16(15-7-9-18-19-11-15)14-6-5-12(2)13(3)10-14/h7,9,11-14,16-17H,4-6,8,10H2,1-3H3. The zero-order valence-electron chi connectivity index (χ0n) is 12.5. The van der Waals surface area contributed by atoms with E-state index >= 15 is 0 Å². The van der Waals surface area contributed by atoms with E-state index in [1.807, 2.05) is 12.4 Å². The maximum Gasteiger partial charge on any atom is 0.0544 e. The molecule has 1 N–H and O–H groups in total. The van der Waals surface area contributed by atoms with E-state index in [9.17, 15) is 0 Å². The average molecular weight is 261 g/mol. The number of rotatable bonds is 5. The summed E-state index contributed by atoms with van der Waals surface area (Å²) < 4.78 is 0. The van der Waals surface area contributed by atoms with Gasteiger partial charge in [-0.3, -0.25) is 0 Å². The molecule has 1 fully saturated rings. The molecule has 0 spiro atoms. The highest BCUT2D eigenvalue weighted by molar-refractivity contribution is 5.13. The maximum atomic E-state index is 4.05. The number of hydrogen-bond donors (Lipinski definition) is 1. The fraction of sp³-hybridized carbons (Fsp3) is 0.750. The topological polar surface area (TPSA) is 37.8 Å². The molecule has 2 rings (SSSR count). The van der Waals surface area contributed by atoms with Crippen LogP contribution in [0.15, 0.2) is 18.5 Å². The summed E-state index contributed by atoms with van der Waals surface area (Å²) in [6.45, 7) is 8.09. The van der Waals surface area contributed by atoms with Crippen molar-refractivity contribution in [2.45, 2.75) is 52.5 Å². The fourth-order valence-corrected chi connectivity index (χ4v) is 3.23. The first-order chi connectivity index (χ1) is 9.22. The molecular weight excluding hydrogens is 234 g/mol. The van der Waals surface area contributed by atoms with Gasteiger partial charge in [-0.2, -0.15) is 10.2 Å². The van der Waals surface area contributed by atoms with E-state index in [1.54, 1.807) is 0 Å². The smallest absolute Gasteiger partial charge is 0.0544 e. The highest BCUT2D eigenvalue weighted by Gasteiger charge is 2.30. The highest BCUT2D eigenvalue weighted by Crippen LogP contribution is 2.39. The van der Waals surface area contributed by atoms with Crippen molar-refractivity contribution in [1.29, 1.82) is 0 Å². The Kier molecular flexibility index (Phi) is 5.32. The van der Waals surface area contributed by atoms with Crippen molar-refractivity contribution in [3.63, 3.8) is 0 Å². The van der Waals surface area contributed by atoms with Gasteiger partial charge in [-0.1, -0.05) is 27.2 Å². The Bertz CT molecular complexity index is 366. The lowest BCUT2D eigenvalue weighted by Gasteiger charge is -2.37. The van der Waals surface area contributed by atoms with Crippen molar-refractivity contribution in [3.8, 4) is 0 Å². The van der Waals surface area contributed by atoms with E-state index in [2.05, 4.69) is 42.4 Å². The van der Waals surface area contributed by atoms with Crippen molar-refractivity contribution in [1.82, 2.24) is 15.5 Å². The maximum absolute atomic E-state index is 4.05. The Morgan fingerprint density at radius 3 is 2.74 bits per heavy atom. The molecule has 4 atom stereocenters. The zero-order valence-corrected chi connectivity index (χ0v) is 12.5. The molecule has 1 aromatic rings. The molecule has 19 heavy (non-hydrogen) atoms. The number of hydrogen-bond acceptors (Lipinski definition) is 3. The lowest BCUT2D eigenvalue weighted by molar-refractivity contribution is 0.171. The molecule has 0 aliphatic heterocycles. The van der Waals surface area contributed by atoms with E-state index < -0.39 is 0 Å². The Morgan fingerprint density at radius 2 is 2.11 bits per heavy atom. The summed E-state index contributed by atoms with van der Waals surface area (Å²) in [6, 6.07) is 2.56. The molecule has 3 heteroatoms. The predicted molar refractivity (Wildman–Crippen MR) is 78.7 cm³/mol. The predicted octanol–water partition coefficient (Wildman–Crippen LogP) is 3.59. The van der Waals surface area contributed by atoms with Gasteiger partial charge >= 0.3 is 0 Å². The summed E-state index contributed by atoms with van der Waals surface area (Å²) in [5.41, 5.74) is 1.30. The van der Waals surface area contributed by atoms with Gasteiger partial charge in [0.25, 0.3) is 0 Å². The molecule has 106 valence electrons. The molecule has 3 nitrogen and oxygen atoms in total. The van der Waals surface area contributed by atoms with Crippen LogP contribution < -0.4 is 5.32 Å². The van der Waals surface area contributed by atoms with Crippen molar-refractivity contribution in [2.75, 3.05) is 6.54 Å². The van der Waals surface area contributed by atoms with Crippen molar-refractivity contribution >= 4 is 0 Å².